The highest BCUT2D eigenvalue weighted by Crippen LogP contribution is 2.06. The monoisotopic (exact) mass is 355 g/mol. The number of nitrogens with two attached hydrogens (primary N) is 1. The summed E-state index contributed by atoms with van der Waals surface area (Å²) in [5, 5.41) is 23.2. The zero-order valence-corrected chi connectivity index (χ0v) is 14.2. The van der Waals surface area contributed by atoms with Gasteiger partial charge in [-0.3, -0.25) is 9.59 Å². The fourth-order valence-electron chi connectivity index (χ4n) is 2.06. The maximum Gasteiger partial charge on any atom is 0.326 e. The zero-order valence-electron chi connectivity index (χ0n) is 14.2. The van der Waals surface area contributed by atoms with E-state index in [-0.39, 0.29) is 12.3 Å². The number of hydrogen-bond acceptors (Lipinski definition) is 6. The molecule has 0 saturated heterocycles. The number of carbonyl (C=O) groups excluding carboxylic acids is 2. The molecule has 0 saturated carbocycles. The first-order valence-electron chi connectivity index (χ1n) is 7.97. The molecule has 10 nitrogen and oxygen atoms in total. The third kappa shape index (κ3) is 6.16. The van der Waals surface area contributed by atoms with Crippen molar-refractivity contribution in [3.63, 3.8) is 0 Å². The summed E-state index contributed by atoms with van der Waals surface area (Å²) in [6.45, 7) is 2.99. The number of amides is 2. The number of rotatable bonds is 10. The molecule has 0 fully saturated rings. The number of aromatic amines is 1. The van der Waals surface area contributed by atoms with Crippen molar-refractivity contribution < 1.29 is 24.6 Å². The van der Waals surface area contributed by atoms with Gasteiger partial charge in [-0.15, -0.1) is 0 Å². The topological polar surface area (TPSA) is 170 Å². The summed E-state index contributed by atoms with van der Waals surface area (Å²) >= 11 is 0. The summed E-state index contributed by atoms with van der Waals surface area (Å²) in [6, 6.07) is -3.35. The Morgan fingerprint density at radius 2 is 1.92 bits per heavy atom. The van der Waals surface area contributed by atoms with Gasteiger partial charge in [-0.1, -0.05) is 20.3 Å². The summed E-state index contributed by atoms with van der Waals surface area (Å²) < 4.78 is 0. The van der Waals surface area contributed by atoms with Crippen molar-refractivity contribution in [1.29, 1.82) is 0 Å². The number of imidazole rings is 1. The first-order valence-corrected chi connectivity index (χ1v) is 7.97. The molecule has 2 amide bonds. The molecule has 0 spiro atoms. The summed E-state index contributed by atoms with van der Waals surface area (Å²) in [5.41, 5.74) is 6.31. The van der Waals surface area contributed by atoms with Gasteiger partial charge in [0.1, 0.15) is 12.1 Å². The second kappa shape index (κ2) is 9.74. The summed E-state index contributed by atoms with van der Waals surface area (Å²) in [5.74, 6) is -2.74. The van der Waals surface area contributed by atoms with E-state index in [9.17, 15) is 24.6 Å². The van der Waals surface area contributed by atoms with E-state index in [1.165, 1.54) is 12.5 Å². The van der Waals surface area contributed by atoms with E-state index in [2.05, 4.69) is 20.6 Å². The van der Waals surface area contributed by atoms with Gasteiger partial charge in [0.25, 0.3) is 0 Å². The predicted octanol–water partition coefficient (Wildman–Crippen LogP) is -1.63. The molecule has 0 aliphatic rings. The predicted molar refractivity (Wildman–Crippen MR) is 88.3 cm³/mol. The van der Waals surface area contributed by atoms with Crippen molar-refractivity contribution in [3.05, 3.63) is 18.2 Å². The quantitative estimate of drug-likeness (QED) is 0.292. The van der Waals surface area contributed by atoms with Crippen LogP contribution in [0.2, 0.25) is 0 Å². The molecular formula is C15H25N5O5. The Kier molecular flexibility index (Phi) is 8.02. The Morgan fingerprint density at radius 1 is 1.28 bits per heavy atom. The lowest BCUT2D eigenvalue weighted by Crippen LogP contribution is -2.57. The maximum absolute atomic E-state index is 12.2. The fourth-order valence-corrected chi connectivity index (χ4v) is 2.06. The Balaban J connectivity index is 2.69. The highest BCUT2D eigenvalue weighted by atomic mass is 16.4. The van der Waals surface area contributed by atoms with Gasteiger partial charge in [-0.2, -0.15) is 0 Å². The van der Waals surface area contributed by atoms with Gasteiger partial charge in [-0.05, 0) is 5.92 Å². The van der Waals surface area contributed by atoms with E-state index in [0.717, 1.165) is 0 Å². The molecule has 1 aromatic heterocycles. The number of nitrogens with zero attached hydrogens (tertiary/aromatic N) is 1. The van der Waals surface area contributed by atoms with Crippen molar-refractivity contribution >= 4 is 17.8 Å². The lowest BCUT2D eigenvalue weighted by Gasteiger charge is -2.23. The van der Waals surface area contributed by atoms with Crippen LogP contribution in [0.1, 0.15) is 26.0 Å². The van der Waals surface area contributed by atoms with Crippen molar-refractivity contribution in [2.45, 2.75) is 44.8 Å². The average Bonchev–Trinajstić information content (AvgIpc) is 3.10. The number of hydrogen-bond donors (Lipinski definition) is 6. The van der Waals surface area contributed by atoms with Crippen LogP contribution in [0.4, 0.5) is 0 Å². The summed E-state index contributed by atoms with van der Waals surface area (Å²) in [6.07, 6.45) is 3.50. The second-order valence-corrected chi connectivity index (χ2v) is 5.84. The van der Waals surface area contributed by atoms with Gasteiger partial charge in [0.2, 0.25) is 11.8 Å². The van der Waals surface area contributed by atoms with Crippen LogP contribution in [0, 0.1) is 5.92 Å². The van der Waals surface area contributed by atoms with Crippen molar-refractivity contribution in [2.24, 2.45) is 11.7 Å². The minimum Gasteiger partial charge on any atom is -0.480 e. The Morgan fingerprint density at radius 3 is 2.40 bits per heavy atom. The maximum atomic E-state index is 12.2. The number of aliphatic hydroxyl groups is 1. The molecular weight excluding hydrogens is 330 g/mol. The second-order valence-electron chi connectivity index (χ2n) is 5.84. The van der Waals surface area contributed by atoms with E-state index >= 15 is 0 Å². The standard InChI is InChI=1S/C15H25N5O5/c1-3-8(2)12(16)14(23)20-11(6-21)13(22)19-10(15(24)25)4-9-5-17-7-18-9/h5,7-8,10-12,21H,3-4,6,16H2,1-2H3,(H,17,18)(H,19,22)(H,20,23)(H,24,25)/t8-,10-,11-,12-/m0/s1. The number of aliphatic hydroxyl groups excluding tert-OH is 1. The molecule has 0 aliphatic carbocycles. The molecule has 25 heavy (non-hydrogen) atoms. The number of nitrogens with one attached hydrogen (secondary N) is 3. The highest BCUT2D eigenvalue weighted by molar-refractivity contribution is 5.92. The van der Waals surface area contributed by atoms with Crippen LogP contribution in [-0.4, -0.2) is 62.7 Å². The van der Waals surface area contributed by atoms with E-state index < -0.39 is 42.5 Å². The largest absolute Gasteiger partial charge is 0.480 e. The molecule has 1 heterocycles. The highest BCUT2D eigenvalue weighted by Gasteiger charge is 2.29. The van der Waals surface area contributed by atoms with Crippen LogP contribution in [0.5, 0.6) is 0 Å². The van der Waals surface area contributed by atoms with E-state index in [0.29, 0.717) is 12.1 Å². The molecule has 10 heteroatoms. The fraction of sp³-hybridized carbons (Fsp3) is 0.600. The molecule has 0 unspecified atom stereocenters. The third-order valence-electron chi connectivity index (χ3n) is 3.97. The summed E-state index contributed by atoms with van der Waals surface area (Å²) in [4.78, 5) is 42.1. The third-order valence-corrected chi connectivity index (χ3v) is 3.97. The van der Waals surface area contributed by atoms with E-state index in [1.54, 1.807) is 6.92 Å². The number of aromatic nitrogens is 2. The van der Waals surface area contributed by atoms with Crippen LogP contribution in [0.15, 0.2) is 12.5 Å². The SMILES string of the molecule is CC[C@H](C)[C@H](N)C(=O)N[C@@H](CO)C(=O)N[C@@H](Cc1cnc[nH]1)C(=O)O. The number of H-pyrrole nitrogens is 1. The number of carboxylic acid groups (broad SMARTS) is 1. The molecule has 7 N–H and O–H groups in total. The van der Waals surface area contributed by atoms with Gasteiger partial charge in [0, 0.05) is 18.3 Å². The van der Waals surface area contributed by atoms with Crippen LogP contribution in [0.3, 0.4) is 0 Å². The van der Waals surface area contributed by atoms with Gasteiger partial charge < -0.3 is 31.6 Å². The molecule has 0 bridgehead atoms. The lowest BCUT2D eigenvalue weighted by molar-refractivity contribution is -0.142. The van der Waals surface area contributed by atoms with Gasteiger partial charge in [-0.25, -0.2) is 9.78 Å². The van der Waals surface area contributed by atoms with E-state index in [4.69, 9.17) is 5.73 Å². The molecule has 1 rings (SSSR count). The molecule has 4 atom stereocenters. The first kappa shape index (κ1) is 20.6. The summed E-state index contributed by atoms with van der Waals surface area (Å²) in [7, 11) is 0. The van der Waals surface area contributed by atoms with Crippen LogP contribution < -0.4 is 16.4 Å². The van der Waals surface area contributed by atoms with Crippen molar-refractivity contribution in [2.75, 3.05) is 6.61 Å². The van der Waals surface area contributed by atoms with Crippen LogP contribution >= 0.6 is 0 Å². The molecule has 0 aromatic carbocycles. The average molecular weight is 355 g/mol. The van der Waals surface area contributed by atoms with Crippen LogP contribution in [-0.2, 0) is 20.8 Å². The molecule has 0 aliphatic heterocycles. The number of carbonyl (C=O) groups is 3. The van der Waals surface area contributed by atoms with Gasteiger partial charge in [0.05, 0.1) is 19.0 Å². The van der Waals surface area contributed by atoms with Crippen molar-refractivity contribution in [1.82, 2.24) is 20.6 Å². The minimum atomic E-state index is -1.29. The van der Waals surface area contributed by atoms with Gasteiger partial charge in [0.15, 0.2) is 0 Å². The minimum absolute atomic E-state index is 0.0143. The smallest absolute Gasteiger partial charge is 0.326 e. The Labute approximate surface area is 145 Å². The lowest BCUT2D eigenvalue weighted by atomic mass is 9.99. The van der Waals surface area contributed by atoms with Crippen molar-refractivity contribution in [3.8, 4) is 0 Å². The molecule has 0 radical (unpaired) electrons. The number of aliphatic carboxylic acids is 1. The van der Waals surface area contributed by atoms with Gasteiger partial charge >= 0.3 is 5.97 Å². The molecule has 1 aromatic rings. The first-order chi connectivity index (χ1) is 11.8. The Bertz CT molecular complexity index is 577. The normalized spacial score (nSPS) is 15.7. The van der Waals surface area contributed by atoms with Crippen LogP contribution in [0.25, 0.3) is 0 Å². The number of carboxylic acids is 1. The zero-order chi connectivity index (χ0) is 19.0. The Hall–Kier alpha value is -2.46. The molecule has 140 valence electrons. The van der Waals surface area contributed by atoms with E-state index in [1.807, 2.05) is 6.92 Å².